The van der Waals surface area contributed by atoms with Gasteiger partial charge >= 0.3 is 0 Å². The zero-order chi connectivity index (χ0) is 10.1. The molecule has 1 amide bonds. The van der Waals surface area contributed by atoms with E-state index in [1.807, 2.05) is 6.92 Å². The molecule has 3 heteroatoms. The van der Waals surface area contributed by atoms with Crippen LogP contribution in [0.2, 0.25) is 0 Å². The summed E-state index contributed by atoms with van der Waals surface area (Å²) in [4.78, 5) is 11.3. The highest BCUT2D eigenvalue weighted by Crippen LogP contribution is 2.29. The molecule has 13 heavy (non-hydrogen) atoms. The second-order valence-electron chi connectivity index (χ2n) is 4.69. The number of halogens is 1. The van der Waals surface area contributed by atoms with Crippen molar-refractivity contribution in [1.29, 1.82) is 0 Å². The van der Waals surface area contributed by atoms with Gasteiger partial charge in [-0.15, -0.1) is 0 Å². The van der Waals surface area contributed by atoms with E-state index < -0.39 is 11.6 Å². The van der Waals surface area contributed by atoms with E-state index >= 15 is 0 Å². The Morgan fingerprint density at radius 1 is 1.38 bits per heavy atom. The van der Waals surface area contributed by atoms with Crippen LogP contribution in [-0.2, 0) is 4.79 Å². The van der Waals surface area contributed by atoms with E-state index in [9.17, 15) is 9.18 Å². The molecule has 1 aliphatic rings. The van der Waals surface area contributed by atoms with Crippen molar-refractivity contribution in [3.63, 3.8) is 0 Å². The first-order valence-electron chi connectivity index (χ1n) is 4.85. The molecule has 0 aliphatic heterocycles. The Morgan fingerprint density at radius 2 is 1.85 bits per heavy atom. The molecular weight excluding hydrogens is 169 g/mol. The van der Waals surface area contributed by atoms with Gasteiger partial charge in [0.15, 0.2) is 5.67 Å². The zero-order valence-electron chi connectivity index (χ0n) is 8.61. The van der Waals surface area contributed by atoms with E-state index in [-0.39, 0.29) is 5.54 Å². The van der Waals surface area contributed by atoms with Crippen molar-refractivity contribution >= 4 is 5.91 Å². The summed E-state index contributed by atoms with van der Waals surface area (Å²) in [5.74, 6) is -0.489. The van der Waals surface area contributed by atoms with E-state index in [0.717, 1.165) is 25.7 Å². The normalized spacial score (nSPS) is 21.5. The smallest absolute Gasteiger partial charge is 0.257 e. The van der Waals surface area contributed by atoms with Crippen molar-refractivity contribution in [2.45, 2.75) is 57.7 Å². The summed E-state index contributed by atoms with van der Waals surface area (Å²) in [6, 6.07) is 0. The molecule has 1 rings (SSSR count). The van der Waals surface area contributed by atoms with Crippen LogP contribution >= 0.6 is 0 Å². The summed E-state index contributed by atoms with van der Waals surface area (Å²) in [7, 11) is 0. The fraction of sp³-hybridized carbons (Fsp3) is 0.900. The molecule has 0 aromatic heterocycles. The standard InChI is InChI=1S/C10H18FNO/c1-9(2,11)8(13)12-10(3)6-4-5-7-10/h4-7H2,1-3H3,(H,12,13). The summed E-state index contributed by atoms with van der Waals surface area (Å²) < 4.78 is 13.2. The lowest BCUT2D eigenvalue weighted by Gasteiger charge is -2.28. The highest BCUT2D eigenvalue weighted by atomic mass is 19.1. The van der Waals surface area contributed by atoms with Crippen molar-refractivity contribution in [3.05, 3.63) is 0 Å². The fourth-order valence-electron chi connectivity index (χ4n) is 1.70. The van der Waals surface area contributed by atoms with Crippen LogP contribution in [0.15, 0.2) is 0 Å². The average Bonchev–Trinajstić information content (AvgIpc) is 2.33. The molecule has 1 fully saturated rings. The van der Waals surface area contributed by atoms with Crippen LogP contribution in [0.3, 0.4) is 0 Å². The van der Waals surface area contributed by atoms with Gasteiger partial charge in [-0.2, -0.15) is 0 Å². The summed E-state index contributed by atoms with van der Waals surface area (Å²) >= 11 is 0. The van der Waals surface area contributed by atoms with Crippen LogP contribution < -0.4 is 5.32 Å². The molecule has 0 bridgehead atoms. The van der Waals surface area contributed by atoms with E-state index in [1.165, 1.54) is 13.8 Å². The Balaban J connectivity index is 2.53. The van der Waals surface area contributed by atoms with Crippen LogP contribution in [-0.4, -0.2) is 17.1 Å². The third kappa shape index (κ3) is 2.68. The van der Waals surface area contributed by atoms with Gasteiger partial charge in [0.2, 0.25) is 0 Å². The molecule has 0 aromatic rings. The number of carbonyl (C=O) groups excluding carboxylic acids is 1. The number of rotatable bonds is 2. The fourth-order valence-corrected chi connectivity index (χ4v) is 1.70. The molecule has 0 heterocycles. The van der Waals surface area contributed by atoms with Gasteiger partial charge < -0.3 is 5.32 Å². The van der Waals surface area contributed by atoms with Gasteiger partial charge in [-0.05, 0) is 33.6 Å². The average molecular weight is 187 g/mol. The highest BCUT2D eigenvalue weighted by molar-refractivity contribution is 5.84. The Labute approximate surface area is 78.9 Å². The first-order valence-corrected chi connectivity index (χ1v) is 4.85. The highest BCUT2D eigenvalue weighted by Gasteiger charge is 2.35. The minimum Gasteiger partial charge on any atom is -0.348 e. The first kappa shape index (κ1) is 10.5. The topological polar surface area (TPSA) is 29.1 Å². The van der Waals surface area contributed by atoms with Crippen molar-refractivity contribution in [2.75, 3.05) is 0 Å². The van der Waals surface area contributed by atoms with Gasteiger partial charge in [0.05, 0.1) is 0 Å². The molecular formula is C10H18FNO. The molecule has 2 nitrogen and oxygen atoms in total. The van der Waals surface area contributed by atoms with Crippen LogP contribution in [0.25, 0.3) is 0 Å². The number of nitrogens with one attached hydrogen (secondary N) is 1. The summed E-state index contributed by atoms with van der Waals surface area (Å²) in [5.41, 5.74) is -1.92. The molecule has 0 saturated heterocycles. The Hall–Kier alpha value is -0.600. The predicted molar refractivity (Wildman–Crippen MR) is 50.2 cm³/mol. The molecule has 1 N–H and O–H groups in total. The quantitative estimate of drug-likeness (QED) is 0.705. The zero-order valence-corrected chi connectivity index (χ0v) is 8.61. The second-order valence-corrected chi connectivity index (χ2v) is 4.69. The third-order valence-electron chi connectivity index (χ3n) is 2.66. The van der Waals surface area contributed by atoms with Crippen LogP contribution in [0.4, 0.5) is 4.39 Å². The number of amides is 1. The molecule has 0 aromatic carbocycles. The summed E-state index contributed by atoms with van der Waals surface area (Å²) in [5, 5.41) is 2.78. The predicted octanol–water partition coefficient (Wildman–Crippen LogP) is 2.18. The second kappa shape index (κ2) is 3.28. The van der Waals surface area contributed by atoms with Crippen LogP contribution in [0.1, 0.15) is 46.5 Å². The maximum atomic E-state index is 13.2. The van der Waals surface area contributed by atoms with Crippen molar-refractivity contribution in [3.8, 4) is 0 Å². The Kier molecular flexibility index (Phi) is 2.64. The minimum atomic E-state index is -1.76. The van der Waals surface area contributed by atoms with Crippen molar-refractivity contribution < 1.29 is 9.18 Å². The molecule has 76 valence electrons. The molecule has 0 spiro atoms. The van der Waals surface area contributed by atoms with Crippen molar-refractivity contribution in [2.24, 2.45) is 0 Å². The maximum absolute atomic E-state index is 13.2. The first-order chi connectivity index (χ1) is 5.83. The van der Waals surface area contributed by atoms with E-state index in [2.05, 4.69) is 5.32 Å². The lowest BCUT2D eigenvalue weighted by atomic mass is 9.99. The van der Waals surface area contributed by atoms with Gasteiger partial charge in [-0.25, -0.2) is 4.39 Å². The maximum Gasteiger partial charge on any atom is 0.257 e. The Morgan fingerprint density at radius 3 is 2.23 bits per heavy atom. The minimum absolute atomic E-state index is 0.166. The van der Waals surface area contributed by atoms with E-state index in [1.54, 1.807) is 0 Å². The van der Waals surface area contributed by atoms with Gasteiger partial charge in [-0.3, -0.25) is 4.79 Å². The van der Waals surface area contributed by atoms with Gasteiger partial charge in [0, 0.05) is 5.54 Å². The Bertz CT molecular complexity index is 201. The van der Waals surface area contributed by atoms with Crippen LogP contribution in [0, 0.1) is 0 Å². The molecule has 0 unspecified atom stereocenters. The number of hydrogen-bond donors (Lipinski definition) is 1. The largest absolute Gasteiger partial charge is 0.348 e. The molecule has 1 saturated carbocycles. The van der Waals surface area contributed by atoms with Crippen molar-refractivity contribution in [1.82, 2.24) is 5.32 Å². The molecule has 0 atom stereocenters. The summed E-state index contributed by atoms with van der Waals surface area (Å²) in [6.07, 6.45) is 4.19. The SMILES string of the molecule is CC1(NC(=O)C(C)(C)F)CCCC1. The van der Waals surface area contributed by atoms with Gasteiger partial charge in [0.1, 0.15) is 0 Å². The number of carbonyl (C=O) groups is 1. The monoisotopic (exact) mass is 187 g/mol. The van der Waals surface area contributed by atoms with Crippen LogP contribution in [0.5, 0.6) is 0 Å². The molecule has 0 radical (unpaired) electrons. The van der Waals surface area contributed by atoms with E-state index in [4.69, 9.17) is 0 Å². The summed E-state index contributed by atoms with van der Waals surface area (Å²) in [6.45, 7) is 4.57. The lowest BCUT2D eigenvalue weighted by molar-refractivity contribution is -0.132. The van der Waals surface area contributed by atoms with Gasteiger partial charge in [0.25, 0.3) is 5.91 Å². The van der Waals surface area contributed by atoms with E-state index in [0.29, 0.717) is 0 Å². The number of alkyl halides is 1. The number of hydrogen-bond acceptors (Lipinski definition) is 1. The third-order valence-corrected chi connectivity index (χ3v) is 2.66. The molecule has 1 aliphatic carbocycles. The lowest BCUT2D eigenvalue weighted by Crippen LogP contribution is -2.50. The van der Waals surface area contributed by atoms with Gasteiger partial charge in [-0.1, -0.05) is 12.8 Å².